The molecular weight excluding hydrogens is 319 g/mol. The minimum Gasteiger partial charge on any atom is -0.331 e. The number of amides is 1. The molecule has 1 fully saturated rings. The molecule has 1 aromatic carbocycles. The number of benzene rings is 1. The number of carbonyl (C=O) groups is 1. The highest BCUT2D eigenvalue weighted by molar-refractivity contribution is 5.94. The molecule has 1 amide bonds. The number of H-pyrrole nitrogens is 1. The van der Waals surface area contributed by atoms with Crippen LogP contribution in [0.15, 0.2) is 35.1 Å². The number of rotatable bonds is 2. The summed E-state index contributed by atoms with van der Waals surface area (Å²) in [4.78, 5) is 29.9. The Bertz CT molecular complexity index is 844. The number of aromatic amines is 1. The number of pyridine rings is 1. The summed E-state index contributed by atoms with van der Waals surface area (Å²) in [6.45, 7) is 4.26. The number of aromatic nitrogens is 1. The average molecular weight is 342 g/mol. The lowest BCUT2D eigenvalue weighted by molar-refractivity contribution is 0.0678. The molecule has 0 bridgehead atoms. The molecular formula is C20H23FN2O2. The van der Waals surface area contributed by atoms with E-state index >= 15 is 0 Å². The normalized spacial score (nSPS) is 18.0. The van der Waals surface area contributed by atoms with Crippen molar-refractivity contribution in [3.63, 3.8) is 0 Å². The lowest BCUT2D eigenvalue weighted by Gasteiger charge is -2.30. The van der Waals surface area contributed by atoms with Gasteiger partial charge in [-0.1, -0.05) is 25.0 Å². The molecule has 0 saturated carbocycles. The molecule has 0 spiro atoms. The van der Waals surface area contributed by atoms with E-state index in [1.165, 1.54) is 12.1 Å². The van der Waals surface area contributed by atoms with Crippen molar-refractivity contribution in [1.29, 1.82) is 0 Å². The monoisotopic (exact) mass is 342 g/mol. The fourth-order valence-corrected chi connectivity index (χ4v) is 3.45. The predicted molar refractivity (Wildman–Crippen MR) is 95.2 cm³/mol. The van der Waals surface area contributed by atoms with Crippen molar-refractivity contribution in [1.82, 2.24) is 9.88 Å². The summed E-state index contributed by atoms with van der Waals surface area (Å²) in [5, 5.41) is 0. The summed E-state index contributed by atoms with van der Waals surface area (Å²) in [7, 11) is 0. The third kappa shape index (κ3) is 3.65. The number of halogens is 1. The number of hydrogen-bond donors (Lipinski definition) is 1. The van der Waals surface area contributed by atoms with Crippen LogP contribution in [0.2, 0.25) is 0 Å². The molecule has 2 aromatic rings. The van der Waals surface area contributed by atoms with Crippen molar-refractivity contribution in [2.24, 2.45) is 0 Å². The van der Waals surface area contributed by atoms with Crippen LogP contribution in [-0.2, 0) is 0 Å². The Labute approximate surface area is 146 Å². The quantitative estimate of drug-likeness (QED) is 0.900. The van der Waals surface area contributed by atoms with Crippen LogP contribution in [0.25, 0.3) is 0 Å². The first kappa shape index (κ1) is 17.4. The number of nitrogens with one attached hydrogen (secondary N) is 1. The lowest BCUT2D eigenvalue weighted by Crippen LogP contribution is -2.38. The van der Waals surface area contributed by atoms with Crippen molar-refractivity contribution < 1.29 is 9.18 Å². The van der Waals surface area contributed by atoms with E-state index in [0.717, 1.165) is 42.5 Å². The third-order valence-corrected chi connectivity index (χ3v) is 4.98. The van der Waals surface area contributed by atoms with E-state index in [1.807, 2.05) is 19.9 Å². The molecule has 0 aliphatic carbocycles. The zero-order valence-electron chi connectivity index (χ0n) is 14.6. The number of hydrogen-bond acceptors (Lipinski definition) is 2. The van der Waals surface area contributed by atoms with Crippen LogP contribution < -0.4 is 5.56 Å². The van der Waals surface area contributed by atoms with Gasteiger partial charge in [0, 0.05) is 12.2 Å². The van der Waals surface area contributed by atoms with Crippen LogP contribution in [-0.4, -0.2) is 22.3 Å². The van der Waals surface area contributed by atoms with Gasteiger partial charge in [-0.15, -0.1) is 0 Å². The maximum Gasteiger partial charge on any atom is 0.261 e. The Morgan fingerprint density at radius 3 is 2.76 bits per heavy atom. The first-order chi connectivity index (χ1) is 12.0. The highest BCUT2D eigenvalue weighted by atomic mass is 19.1. The highest BCUT2D eigenvalue weighted by Crippen LogP contribution is 2.31. The number of nitrogens with zero attached hydrogens (tertiary/aromatic N) is 1. The van der Waals surface area contributed by atoms with Gasteiger partial charge in [0.1, 0.15) is 11.4 Å². The zero-order chi connectivity index (χ0) is 18.0. The topological polar surface area (TPSA) is 53.2 Å². The van der Waals surface area contributed by atoms with Crippen LogP contribution in [0, 0.1) is 19.7 Å². The second-order valence-corrected chi connectivity index (χ2v) is 6.74. The molecule has 0 unspecified atom stereocenters. The molecule has 4 nitrogen and oxygen atoms in total. The predicted octanol–water partition coefficient (Wildman–Crippen LogP) is 3.89. The largest absolute Gasteiger partial charge is 0.331 e. The second kappa shape index (κ2) is 7.21. The van der Waals surface area contributed by atoms with Gasteiger partial charge in [0.05, 0.1) is 6.04 Å². The van der Waals surface area contributed by atoms with Crippen LogP contribution in [0.1, 0.15) is 58.9 Å². The fraction of sp³-hybridized carbons (Fsp3) is 0.400. The van der Waals surface area contributed by atoms with E-state index in [2.05, 4.69) is 4.98 Å². The highest BCUT2D eigenvalue weighted by Gasteiger charge is 2.29. The summed E-state index contributed by atoms with van der Waals surface area (Å²) >= 11 is 0. The Morgan fingerprint density at radius 1 is 1.20 bits per heavy atom. The Morgan fingerprint density at radius 2 is 2.00 bits per heavy atom. The first-order valence-corrected chi connectivity index (χ1v) is 8.74. The van der Waals surface area contributed by atoms with E-state index in [0.29, 0.717) is 6.54 Å². The lowest BCUT2D eigenvalue weighted by atomic mass is 10.00. The maximum absolute atomic E-state index is 13.7. The van der Waals surface area contributed by atoms with Gasteiger partial charge in [-0.2, -0.15) is 0 Å². The molecule has 25 heavy (non-hydrogen) atoms. The van der Waals surface area contributed by atoms with Gasteiger partial charge < -0.3 is 9.88 Å². The Balaban J connectivity index is 2.00. The zero-order valence-corrected chi connectivity index (χ0v) is 14.6. The third-order valence-electron chi connectivity index (χ3n) is 4.98. The molecule has 1 aromatic heterocycles. The molecule has 2 heterocycles. The van der Waals surface area contributed by atoms with E-state index in [9.17, 15) is 14.0 Å². The van der Waals surface area contributed by atoms with Gasteiger partial charge >= 0.3 is 0 Å². The van der Waals surface area contributed by atoms with Gasteiger partial charge in [0.25, 0.3) is 11.5 Å². The van der Waals surface area contributed by atoms with Crippen molar-refractivity contribution >= 4 is 5.91 Å². The van der Waals surface area contributed by atoms with Crippen LogP contribution in [0.5, 0.6) is 0 Å². The Hall–Kier alpha value is -2.43. The van der Waals surface area contributed by atoms with Gasteiger partial charge in [-0.3, -0.25) is 9.59 Å². The van der Waals surface area contributed by atoms with E-state index in [4.69, 9.17) is 0 Å². The summed E-state index contributed by atoms with van der Waals surface area (Å²) in [6.07, 6.45) is 3.67. The van der Waals surface area contributed by atoms with Crippen molar-refractivity contribution in [2.45, 2.75) is 45.6 Å². The van der Waals surface area contributed by atoms with Gasteiger partial charge in [0.2, 0.25) is 0 Å². The molecule has 1 saturated heterocycles. The van der Waals surface area contributed by atoms with Gasteiger partial charge in [0.15, 0.2) is 0 Å². The summed E-state index contributed by atoms with van der Waals surface area (Å²) in [6, 6.07) is 7.86. The number of carbonyl (C=O) groups excluding carboxylic acids is 1. The van der Waals surface area contributed by atoms with E-state index < -0.39 is 0 Å². The molecule has 1 aliphatic rings. The minimum absolute atomic E-state index is 0.159. The molecule has 1 N–H and O–H groups in total. The summed E-state index contributed by atoms with van der Waals surface area (Å²) in [5.41, 5.74) is 2.22. The first-order valence-electron chi connectivity index (χ1n) is 8.74. The van der Waals surface area contributed by atoms with Crippen molar-refractivity contribution in [2.75, 3.05) is 6.54 Å². The van der Waals surface area contributed by atoms with Gasteiger partial charge in [-0.05, 0) is 56.0 Å². The van der Waals surface area contributed by atoms with Gasteiger partial charge in [-0.25, -0.2) is 4.39 Å². The Kier molecular flexibility index (Phi) is 5.02. The second-order valence-electron chi connectivity index (χ2n) is 6.74. The van der Waals surface area contributed by atoms with Crippen LogP contribution >= 0.6 is 0 Å². The maximum atomic E-state index is 13.7. The summed E-state index contributed by atoms with van der Waals surface area (Å²) in [5.74, 6) is -0.585. The average Bonchev–Trinajstić information content (AvgIpc) is 2.83. The van der Waals surface area contributed by atoms with Crippen LogP contribution in [0.4, 0.5) is 4.39 Å². The molecule has 5 heteroatoms. The fourth-order valence-electron chi connectivity index (χ4n) is 3.45. The van der Waals surface area contributed by atoms with Crippen molar-refractivity contribution in [3.8, 4) is 0 Å². The molecule has 0 radical (unpaired) electrons. The number of aryl methyl sites for hydroxylation is 2. The van der Waals surface area contributed by atoms with E-state index in [-0.39, 0.29) is 28.9 Å². The molecule has 3 rings (SSSR count). The number of likely N-dealkylation sites (tertiary alicyclic amines) is 1. The molecule has 1 atom stereocenters. The standard InChI is InChI=1S/C20H23FN2O2/c1-13-11-17(19(24)22-14(13)2)20(25)23-10-5-3-4-9-18(23)15-7-6-8-16(21)12-15/h6-8,11-12,18H,3-5,9-10H2,1-2H3,(H,22,24)/t18-/m0/s1. The minimum atomic E-state index is -0.365. The van der Waals surface area contributed by atoms with Crippen molar-refractivity contribution in [3.05, 3.63) is 68.9 Å². The summed E-state index contributed by atoms with van der Waals surface area (Å²) < 4.78 is 13.7. The van der Waals surface area contributed by atoms with Crippen LogP contribution in [0.3, 0.4) is 0 Å². The SMILES string of the molecule is Cc1cc(C(=O)N2CCCCC[C@H]2c2cccc(F)c2)c(=O)[nH]c1C. The van der Waals surface area contributed by atoms with E-state index in [1.54, 1.807) is 17.0 Å². The molecule has 132 valence electrons. The smallest absolute Gasteiger partial charge is 0.261 e. The molecule has 1 aliphatic heterocycles.